The van der Waals surface area contributed by atoms with E-state index in [-0.39, 0.29) is 16.5 Å². The number of hydrogen-bond donors (Lipinski definition) is 4. The van der Waals surface area contributed by atoms with Gasteiger partial charge in [0.05, 0.1) is 5.02 Å². The third-order valence-corrected chi connectivity index (χ3v) is 6.08. The number of rotatable bonds is 5. The Labute approximate surface area is 170 Å². The minimum absolute atomic E-state index is 0.0576. The van der Waals surface area contributed by atoms with Crippen molar-refractivity contribution in [2.45, 2.75) is 24.4 Å². The van der Waals surface area contributed by atoms with E-state index in [9.17, 15) is 24.6 Å². The van der Waals surface area contributed by atoms with Gasteiger partial charge in [0.25, 0.3) is 5.91 Å². The Balaban J connectivity index is 1.75. The van der Waals surface area contributed by atoms with Crippen molar-refractivity contribution in [2.75, 3.05) is 5.75 Å². The first-order valence-electron chi connectivity index (χ1n) is 8.34. The van der Waals surface area contributed by atoms with E-state index in [1.807, 2.05) is 0 Å². The molecule has 5 N–H and O–H groups in total. The lowest BCUT2D eigenvalue weighted by atomic mass is 10.0. The second kappa shape index (κ2) is 7.86. The Morgan fingerprint density at radius 3 is 2.79 bits per heavy atom. The zero-order valence-electron chi connectivity index (χ0n) is 14.8. The number of β-lactam (4-membered cyclic amide) rings is 1. The van der Waals surface area contributed by atoms with E-state index in [1.54, 1.807) is 19.1 Å². The molecule has 0 bridgehead atoms. The maximum Gasteiger partial charge on any atom is 0.352 e. The van der Waals surface area contributed by atoms with Crippen LogP contribution in [0.25, 0.3) is 0 Å². The SMILES string of the molecule is C/C=C\C1=C(C(=O)O)N2C(=O)[C@@H](NC(=O)C(N)c3ccc(O)c(Cl)c3)[C@@H]2SC1. The predicted octanol–water partition coefficient (Wildman–Crippen LogP) is 1.36. The summed E-state index contributed by atoms with van der Waals surface area (Å²) in [7, 11) is 0. The molecule has 8 nitrogen and oxygen atoms in total. The molecule has 10 heteroatoms. The van der Waals surface area contributed by atoms with Gasteiger partial charge in [-0.1, -0.05) is 29.8 Å². The van der Waals surface area contributed by atoms with E-state index in [1.165, 1.54) is 34.9 Å². The van der Waals surface area contributed by atoms with Gasteiger partial charge in [-0.2, -0.15) is 0 Å². The molecule has 3 rings (SSSR count). The van der Waals surface area contributed by atoms with Crippen LogP contribution in [0.2, 0.25) is 5.02 Å². The monoisotopic (exact) mass is 423 g/mol. The van der Waals surface area contributed by atoms with Crippen LogP contribution in [0.15, 0.2) is 41.6 Å². The number of nitrogens with two attached hydrogens (primary N) is 1. The molecule has 2 aliphatic rings. The van der Waals surface area contributed by atoms with Crippen molar-refractivity contribution in [3.05, 3.63) is 52.2 Å². The van der Waals surface area contributed by atoms with Crippen molar-refractivity contribution < 1.29 is 24.6 Å². The van der Waals surface area contributed by atoms with Crippen molar-refractivity contribution in [2.24, 2.45) is 5.73 Å². The zero-order chi connectivity index (χ0) is 20.6. The summed E-state index contributed by atoms with van der Waals surface area (Å²) in [4.78, 5) is 37.8. The molecule has 0 spiro atoms. The maximum atomic E-state index is 12.5. The van der Waals surface area contributed by atoms with Crippen molar-refractivity contribution in [3.63, 3.8) is 0 Å². The molecular weight excluding hydrogens is 406 g/mol. The number of allylic oxidation sites excluding steroid dienone is 2. The third kappa shape index (κ3) is 3.48. The number of halogens is 1. The van der Waals surface area contributed by atoms with E-state index in [2.05, 4.69) is 5.32 Å². The van der Waals surface area contributed by atoms with E-state index in [0.29, 0.717) is 16.9 Å². The number of nitrogens with zero attached hydrogens (tertiary/aromatic N) is 1. The van der Waals surface area contributed by atoms with E-state index < -0.39 is 35.2 Å². The van der Waals surface area contributed by atoms with Gasteiger partial charge >= 0.3 is 5.97 Å². The van der Waals surface area contributed by atoms with Crippen LogP contribution in [0, 0.1) is 0 Å². The lowest BCUT2D eigenvalue weighted by molar-refractivity contribution is -0.150. The molecule has 1 fully saturated rings. The standard InChI is InChI=1S/C18H18ClN3O5S/c1-2-3-9-7-28-17-13(16(25)22(17)14(9)18(26)27)21-15(24)12(20)8-4-5-11(23)10(19)6-8/h2-6,12-13,17,23H,7,20H2,1H3,(H,21,24)(H,26,27)/b3-2-/t12?,13-,17+/m1/s1. The van der Waals surface area contributed by atoms with Gasteiger partial charge in [-0.25, -0.2) is 4.79 Å². The van der Waals surface area contributed by atoms with Crippen molar-refractivity contribution in [3.8, 4) is 5.75 Å². The molecule has 2 amide bonds. The topological polar surface area (TPSA) is 133 Å². The van der Waals surface area contributed by atoms with Crippen LogP contribution in [-0.4, -0.2) is 50.1 Å². The molecule has 0 radical (unpaired) electrons. The number of aliphatic carboxylic acids is 1. The molecule has 1 saturated heterocycles. The van der Waals surface area contributed by atoms with Crippen molar-refractivity contribution in [1.82, 2.24) is 10.2 Å². The van der Waals surface area contributed by atoms with E-state index >= 15 is 0 Å². The number of nitrogens with one attached hydrogen (secondary N) is 1. The summed E-state index contributed by atoms with van der Waals surface area (Å²) < 4.78 is 0. The summed E-state index contributed by atoms with van der Waals surface area (Å²) in [6.07, 6.45) is 3.38. The summed E-state index contributed by atoms with van der Waals surface area (Å²) in [5, 5.41) is 21.1. The van der Waals surface area contributed by atoms with Gasteiger partial charge in [0, 0.05) is 5.75 Å². The second-order valence-electron chi connectivity index (χ2n) is 6.26. The quantitative estimate of drug-likeness (QED) is 0.525. The fourth-order valence-corrected chi connectivity index (χ4v) is 4.59. The van der Waals surface area contributed by atoms with Gasteiger partial charge in [-0.3, -0.25) is 14.5 Å². The number of phenolic OH excluding ortho intramolecular Hbond substituents is 1. The van der Waals surface area contributed by atoms with Crippen molar-refractivity contribution in [1.29, 1.82) is 0 Å². The number of amides is 2. The third-order valence-electron chi connectivity index (χ3n) is 4.48. The molecule has 0 saturated carbocycles. The zero-order valence-corrected chi connectivity index (χ0v) is 16.3. The number of thioether (sulfide) groups is 1. The fraction of sp³-hybridized carbons (Fsp3) is 0.278. The molecule has 3 atom stereocenters. The van der Waals surface area contributed by atoms with Crippen LogP contribution >= 0.6 is 23.4 Å². The van der Waals surface area contributed by atoms with Crippen LogP contribution in [0.5, 0.6) is 5.75 Å². The second-order valence-corrected chi connectivity index (χ2v) is 7.78. The molecular formula is C18H18ClN3O5S. The van der Waals surface area contributed by atoms with Crippen LogP contribution < -0.4 is 11.1 Å². The first-order valence-corrected chi connectivity index (χ1v) is 9.77. The summed E-state index contributed by atoms with van der Waals surface area (Å²) in [6, 6.07) is 2.20. The van der Waals surface area contributed by atoms with E-state index in [0.717, 1.165) is 0 Å². The molecule has 1 aromatic carbocycles. The number of carboxylic acids is 1. The lowest BCUT2D eigenvalue weighted by Gasteiger charge is -2.49. The number of aromatic hydroxyl groups is 1. The molecule has 1 unspecified atom stereocenters. The highest BCUT2D eigenvalue weighted by Gasteiger charge is 2.54. The number of benzene rings is 1. The molecule has 1 aromatic rings. The minimum atomic E-state index is -1.19. The summed E-state index contributed by atoms with van der Waals surface area (Å²) in [5.74, 6) is -2.01. The largest absolute Gasteiger partial charge is 0.506 e. The van der Waals surface area contributed by atoms with Gasteiger partial charge in [-0.05, 0) is 30.2 Å². The Bertz CT molecular complexity index is 916. The van der Waals surface area contributed by atoms with Gasteiger partial charge in [0.1, 0.15) is 28.9 Å². The number of hydrogen-bond acceptors (Lipinski definition) is 6. The first-order chi connectivity index (χ1) is 13.3. The van der Waals surface area contributed by atoms with Gasteiger partial charge in [0.15, 0.2) is 0 Å². The summed E-state index contributed by atoms with van der Waals surface area (Å²) >= 11 is 7.21. The molecule has 0 aromatic heterocycles. The number of carbonyl (C=O) groups excluding carboxylic acids is 2. The lowest BCUT2D eigenvalue weighted by Crippen LogP contribution is -2.71. The van der Waals surface area contributed by atoms with E-state index in [4.69, 9.17) is 17.3 Å². The van der Waals surface area contributed by atoms with Crippen LogP contribution in [0.4, 0.5) is 0 Å². The highest BCUT2D eigenvalue weighted by atomic mass is 35.5. The molecule has 2 aliphatic heterocycles. The molecule has 2 heterocycles. The Morgan fingerprint density at radius 2 is 2.18 bits per heavy atom. The smallest absolute Gasteiger partial charge is 0.352 e. The molecule has 0 aliphatic carbocycles. The number of fused-ring (bicyclic) bond motifs is 1. The fourth-order valence-electron chi connectivity index (χ4n) is 3.08. The predicted molar refractivity (Wildman–Crippen MR) is 105 cm³/mol. The Hall–Kier alpha value is -2.49. The summed E-state index contributed by atoms with van der Waals surface area (Å²) in [5.41, 5.74) is 6.80. The Kier molecular flexibility index (Phi) is 5.69. The normalized spacial score (nSPS) is 22.7. The minimum Gasteiger partial charge on any atom is -0.506 e. The molecule has 148 valence electrons. The van der Waals surface area contributed by atoms with Crippen LogP contribution in [0.3, 0.4) is 0 Å². The van der Waals surface area contributed by atoms with Crippen LogP contribution in [-0.2, 0) is 14.4 Å². The highest BCUT2D eigenvalue weighted by Crippen LogP contribution is 2.40. The Morgan fingerprint density at radius 1 is 1.46 bits per heavy atom. The average Bonchev–Trinajstić information content (AvgIpc) is 2.67. The number of phenols is 1. The maximum absolute atomic E-state index is 12.5. The first kappa shape index (κ1) is 20.2. The number of carbonyl (C=O) groups is 3. The highest BCUT2D eigenvalue weighted by molar-refractivity contribution is 8.00. The molecule has 28 heavy (non-hydrogen) atoms. The van der Waals surface area contributed by atoms with Crippen LogP contribution in [0.1, 0.15) is 18.5 Å². The summed E-state index contributed by atoms with van der Waals surface area (Å²) in [6.45, 7) is 1.77. The van der Waals surface area contributed by atoms with Gasteiger partial charge in [-0.15, -0.1) is 11.8 Å². The van der Waals surface area contributed by atoms with Crippen molar-refractivity contribution >= 4 is 41.1 Å². The van der Waals surface area contributed by atoms with Gasteiger partial charge < -0.3 is 21.3 Å². The number of carboxylic acid groups (broad SMARTS) is 1. The van der Waals surface area contributed by atoms with Gasteiger partial charge in [0.2, 0.25) is 5.91 Å². The average molecular weight is 424 g/mol.